The van der Waals surface area contributed by atoms with Gasteiger partial charge in [-0.25, -0.2) is 0 Å². The van der Waals surface area contributed by atoms with Crippen LogP contribution < -0.4 is 0 Å². The minimum atomic E-state index is 1.18. The maximum absolute atomic E-state index is 3.50. The minimum Gasteiger partial charge on any atom is -0.355 e. The molecule has 0 amide bonds. The summed E-state index contributed by atoms with van der Waals surface area (Å²) in [5.74, 6) is 0. The predicted octanol–water partition coefficient (Wildman–Crippen LogP) is 6.66. The number of aromatic amines is 1. The summed E-state index contributed by atoms with van der Waals surface area (Å²) in [5.41, 5.74) is 7.39. The molecule has 0 bridgehead atoms. The van der Waals surface area contributed by atoms with Gasteiger partial charge in [-0.1, -0.05) is 78.9 Å². The van der Waals surface area contributed by atoms with E-state index in [0.717, 1.165) is 0 Å². The Kier molecular flexibility index (Phi) is 3.17. The Morgan fingerprint density at radius 2 is 1.08 bits per heavy atom. The van der Waals surface area contributed by atoms with E-state index in [0.29, 0.717) is 0 Å². The molecule has 5 rings (SSSR count). The molecule has 118 valence electrons. The SMILES string of the molecule is c1ccc(-c2ccccc2-c2ccc3[nH]c4ccccc4c3c2)cc1. The van der Waals surface area contributed by atoms with E-state index in [-0.39, 0.29) is 0 Å². The van der Waals surface area contributed by atoms with Crippen molar-refractivity contribution in [1.82, 2.24) is 4.98 Å². The van der Waals surface area contributed by atoms with E-state index in [9.17, 15) is 0 Å². The van der Waals surface area contributed by atoms with Gasteiger partial charge in [0.2, 0.25) is 0 Å². The molecule has 0 atom stereocenters. The summed E-state index contributed by atoms with van der Waals surface area (Å²) < 4.78 is 0. The summed E-state index contributed by atoms with van der Waals surface area (Å²) >= 11 is 0. The summed E-state index contributed by atoms with van der Waals surface area (Å²) in [6.45, 7) is 0. The number of para-hydroxylation sites is 1. The number of rotatable bonds is 2. The zero-order valence-electron chi connectivity index (χ0n) is 13.7. The van der Waals surface area contributed by atoms with E-state index in [1.807, 2.05) is 0 Å². The van der Waals surface area contributed by atoms with Crippen molar-refractivity contribution in [3.63, 3.8) is 0 Å². The normalized spacial score (nSPS) is 11.2. The molecule has 0 aliphatic carbocycles. The lowest BCUT2D eigenvalue weighted by molar-refractivity contribution is 1.54. The number of aromatic nitrogens is 1. The Hall–Kier alpha value is -3.32. The highest BCUT2D eigenvalue weighted by molar-refractivity contribution is 6.08. The van der Waals surface area contributed by atoms with Gasteiger partial charge < -0.3 is 4.98 Å². The van der Waals surface area contributed by atoms with Gasteiger partial charge in [0.05, 0.1) is 0 Å². The molecule has 1 N–H and O–H groups in total. The fourth-order valence-electron chi connectivity index (χ4n) is 3.62. The number of fused-ring (bicyclic) bond motifs is 3. The summed E-state index contributed by atoms with van der Waals surface area (Å²) in [6.07, 6.45) is 0. The lowest BCUT2D eigenvalue weighted by atomic mass is 9.94. The average Bonchev–Trinajstić information content (AvgIpc) is 3.06. The molecule has 1 heterocycles. The number of hydrogen-bond acceptors (Lipinski definition) is 0. The van der Waals surface area contributed by atoms with Crippen molar-refractivity contribution >= 4 is 21.8 Å². The number of H-pyrrole nitrogens is 1. The van der Waals surface area contributed by atoms with E-state index >= 15 is 0 Å². The van der Waals surface area contributed by atoms with Gasteiger partial charge in [0.25, 0.3) is 0 Å². The van der Waals surface area contributed by atoms with Crippen LogP contribution >= 0.6 is 0 Å². The second kappa shape index (κ2) is 5.64. The zero-order chi connectivity index (χ0) is 16.6. The Morgan fingerprint density at radius 3 is 1.92 bits per heavy atom. The first-order chi connectivity index (χ1) is 12.4. The molecule has 25 heavy (non-hydrogen) atoms. The molecule has 0 saturated heterocycles. The average molecular weight is 319 g/mol. The van der Waals surface area contributed by atoms with Gasteiger partial charge in [0, 0.05) is 21.8 Å². The van der Waals surface area contributed by atoms with Gasteiger partial charge >= 0.3 is 0 Å². The van der Waals surface area contributed by atoms with Gasteiger partial charge in [-0.05, 0) is 40.5 Å². The smallest absolute Gasteiger partial charge is 0.0465 e. The zero-order valence-corrected chi connectivity index (χ0v) is 13.7. The Morgan fingerprint density at radius 1 is 0.440 bits per heavy atom. The van der Waals surface area contributed by atoms with Crippen LogP contribution in [0.2, 0.25) is 0 Å². The van der Waals surface area contributed by atoms with Crippen molar-refractivity contribution in [3.05, 3.63) is 97.1 Å². The molecule has 0 aliphatic rings. The molecule has 0 fully saturated rings. The quantitative estimate of drug-likeness (QED) is 0.374. The monoisotopic (exact) mass is 319 g/mol. The Balaban J connectivity index is 1.75. The number of hydrogen-bond donors (Lipinski definition) is 1. The Labute approximate surface area is 146 Å². The van der Waals surface area contributed by atoms with E-state index in [1.54, 1.807) is 0 Å². The first-order valence-electron chi connectivity index (χ1n) is 8.55. The van der Waals surface area contributed by atoms with E-state index in [1.165, 1.54) is 44.1 Å². The second-order valence-corrected chi connectivity index (χ2v) is 6.34. The highest BCUT2D eigenvalue weighted by atomic mass is 14.7. The van der Waals surface area contributed by atoms with Crippen LogP contribution in [0.25, 0.3) is 44.1 Å². The molecular weight excluding hydrogens is 302 g/mol. The minimum absolute atomic E-state index is 1.18. The van der Waals surface area contributed by atoms with Gasteiger partial charge in [-0.15, -0.1) is 0 Å². The maximum atomic E-state index is 3.50. The molecule has 1 aromatic heterocycles. The predicted molar refractivity (Wildman–Crippen MR) is 107 cm³/mol. The van der Waals surface area contributed by atoms with Crippen molar-refractivity contribution in [2.24, 2.45) is 0 Å². The summed E-state index contributed by atoms with van der Waals surface area (Å²) in [4.78, 5) is 3.50. The van der Waals surface area contributed by atoms with Crippen LogP contribution in [0.5, 0.6) is 0 Å². The van der Waals surface area contributed by atoms with Gasteiger partial charge in [0.1, 0.15) is 0 Å². The second-order valence-electron chi connectivity index (χ2n) is 6.34. The standard InChI is InChI=1S/C24H17N/c1-2-8-17(9-3-1)19-10-4-5-11-20(19)18-14-15-24-22(16-18)21-12-6-7-13-23(21)25-24/h1-16,25H. The summed E-state index contributed by atoms with van der Waals surface area (Å²) in [6, 6.07) is 34.4. The van der Waals surface area contributed by atoms with Crippen LogP contribution in [0.3, 0.4) is 0 Å². The topological polar surface area (TPSA) is 15.8 Å². The van der Waals surface area contributed by atoms with Crippen molar-refractivity contribution in [3.8, 4) is 22.3 Å². The third kappa shape index (κ3) is 2.33. The largest absolute Gasteiger partial charge is 0.355 e. The summed E-state index contributed by atoms with van der Waals surface area (Å²) in [7, 11) is 0. The first-order valence-corrected chi connectivity index (χ1v) is 8.55. The highest BCUT2D eigenvalue weighted by Gasteiger charge is 2.09. The number of benzene rings is 4. The lowest BCUT2D eigenvalue weighted by Crippen LogP contribution is -1.84. The third-order valence-corrected chi connectivity index (χ3v) is 4.83. The van der Waals surface area contributed by atoms with E-state index in [4.69, 9.17) is 0 Å². The van der Waals surface area contributed by atoms with Crippen LogP contribution in [0, 0.1) is 0 Å². The van der Waals surface area contributed by atoms with Crippen LogP contribution in [-0.4, -0.2) is 4.98 Å². The Bertz CT molecular complexity index is 1180. The molecule has 5 aromatic rings. The van der Waals surface area contributed by atoms with E-state index in [2.05, 4.69) is 102 Å². The van der Waals surface area contributed by atoms with Crippen LogP contribution in [0.4, 0.5) is 0 Å². The van der Waals surface area contributed by atoms with Gasteiger partial charge in [-0.2, -0.15) is 0 Å². The van der Waals surface area contributed by atoms with Crippen molar-refractivity contribution in [2.45, 2.75) is 0 Å². The maximum Gasteiger partial charge on any atom is 0.0465 e. The van der Waals surface area contributed by atoms with Crippen molar-refractivity contribution in [2.75, 3.05) is 0 Å². The lowest BCUT2D eigenvalue weighted by Gasteiger charge is -2.10. The van der Waals surface area contributed by atoms with Crippen LogP contribution in [-0.2, 0) is 0 Å². The van der Waals surface area contributed by atoms with Crippen molar-refractivity contribution in [1.29, 1.82) is 0 Å². The van der Waals surface area contributed by atoms with E-state index < -0.39 is 0 Å². The van der Waals surface area contributed by atoms with Crippen LogP contribution in [0.15, 0.2) is 97.1 Å². The fourth-order valence-corrected chi connectivity index (χ4v) is 3.62. The molecule has 0 spiro atoms. The molecule has 1 heteroatoms. The molecule has 1 nitrogen and oxygen atoms in total. The molecule has 0 saturated carbocycles. The molecule has 4 aromatic carbocycles. The van der Waals surface area contributed by atoms with Gasteiger partial charge in [-0.3, -0.25) is 0 Å². The molecular formula is C24H17N. The fraction of sp³-hybridized carbons (Fsp3) is 0. The highest BCUT2D eigenvalue weighted by Crippen LogP contribution is 2.35. The third-order valence-electron chi connectivity index (χ3n) is 4.83. The molecule has 0 aliphatic heterocycles. The summed E-state index contributed by atoms with van der Waals surface area (Å²) in [5, 5.41) is 2.55. The van der Waals surface area contributed by atoms with Crippen molar-refractivity contribution < 1.29 is 0 Å². The van der Waals surface area contributed by atoms with Gasteiger partial charge in [0.15, 0.2) is 0 Å². The van der Waals surface area contributed by atoms with Crippen LogP contribution in [0.1, 0.15) is 0 Å². The molecule has 0 unspecified atom stereocenters. The first kappa shape index (κ1) is 14.1. The molecule has 0 radical (unpaired) electrons. The number of nitrogens with one attached hydrogen (secondary N) is 1.